The van der Waals surface area contributed by atoms with Crippen LogP contribution < -0.4 is 9.04 Å². The minimum Gasteiger partial charge on any atom is -0.495 e. The molecule has 0 saturated heterocycles. The molecular formula is C12H12ClN3O3S. The van der Waals surface area contributed by atoms with Gasteiger partial charge in [0.25, 0.3) is 10.0 Å². The van der Waals surface area contributed by atoms with Gasteiger partial charge in [0.15, 0.2) is 5.82 Å². The highest BCUT2D eigenvalue weighted by Gasteiger charge is 2.26. The summed E-state index contributed by atoms with van der Waals surface area (Å²) in [7, 11) is -1.05. The maximum absolute atomic E-state index is 12.6. The zero-order valence-corrected chi connectivity index (χ0v) is 12.4. The van der Waals surface area contributed by atoms with Crippen molar-refractivity contribution < 1.29 is 13.2 Å². The van der Waals surface area contributed by atoms with Gasteiger partial charge in [-0.15, -0.1) is 0 Å². The lowest BCUT2D eigenvalue weighted by atomic mass is 10.3. The Kier molecular flexibility index (Phi) is 4.10. The van der Waals surface area contributed by atoms with Crippen LogP contribution in [0.4, 0.5) is 5.82 Å². The molecule has 0 atom stereocenters. The number of aromatic nitrogens is 2. The van der Waals surface area contributed by atoms with E-state index in [2.05, 4.69) is 9.97 Å². The van der Waals surface area contributed by atoms with Crippen molar-refractivity contribution in [2.75, 3.05) is 18.5 Å². The summed E-state index contributed by atoms with van der Waals surface area (Å²) in [6.45, 7) is 0. The molecule has 0 unspecified atom stereocenters. The number of nitrogens with zero attached hydrogens (tertiary/aromatic N) is 3. The van der Waals surface area contributed by atoms with Gasteiger partial charge in [-0.25, -0.2) is 13.4 Å². The molecule has 0 aliphatic carbocycles. The van der Waals surface area contributed by atoms with Crippen molar-refractivity contribution in [3.63, 3.8) is 0 Å². The molecule has 0 radical (unpaired) electrons. The fourth-order valence-corrected chi connectivity index (χ4v) is 3.13. The van der Waals surface area contributed by atoms with Crippen molar-refractivity contribution in [1.29, 1.82) is 0 Å². The Balaban J connectivity index is 2.53. The zero-order valence-electron chi connectivity index (χ0n) is 10.8. The van der Waals surface area contributed by atoms with Crippen LogP contribution in [0.25, 0.3) is 0 Å². The second kappa shape index (κ2) is 5.64. The largest absolute Gasteiger partial charge is 0.495 e. The molecule has 0 N–H and O–H groups in total. The van der Waals surface area contributed by atoms with Crippen LogP contribution in [0, 0.1) is 0 Å². The number of rotatable bonds is 4. The quantitative estimate of drug-likeness (QED) is 0.863. The first-order valence-corrected chi connectivity index (χ1v) is 7.37. The van der Waals surface area contributed by atoms with Crippen LogP contribution in [0.1, 0.15) is 0 Å². The van der Waals surface area contributed by atoms with E-state index in [0.29, 0.717) is 5.02 Å². The number of hydrogen-bond donors (Lipinski definition) is 0. The Morgan fingerprint density at radius 2 is 2.05 bits per heavy atom. The summed E-state index contributed by atoms with van der Waals surface area (Å²) < 4.78 is 31.3. The first kappa shape index (κ1) is 14.5. The second-order valence-electron chi connectivity index (χ2n) is 3.83. The first-order valence-electron chi connectivity index (χ1n) is 5.55. The van der Waals surface area contributed by atoms with Gasteiger partial charge < -0.3 is 4.74 Å². The standard InChI is InChI=1S/C12H12ClN3O3S/c1-16(12-8-14-5-6-15-12)20(17,18)11-7-9(13)3-4-10(11)19-2/h3-8H,1-2H3. The van der Waals surface area contributed by atoms with E-state index in [4.69, 9.17) is 16.3 Å². The van der Waals surface area contributed by atoms with Crippen LogP contribution in [0.2, 0.25) is 5.02 Å². The van der Waals surface area contributed by atoms with Crippen molar-refractivity contribution in [3.8, 4) is 5.75 Å². The SMILES string of the molecule is COc1ccc(Cl)cc1S(=O)(=O)N(C)c1cnccn1. The molecule has 0 saturated carbocycles. The molecule has 8 heteroatoms. The van der Waals surface area contributed by atoms with Gasteiger partial charge in [-0.05, 0) is 18.2 Å². The predicted octanol–water partition coefficient (Wildman–Crippen LogP) is 1.96. The third-order valence-electron chi connectivity index (χ3n) is 2.64. The van der Waals surface area contributed by atoms with Gasteiger partial charge in [-0.1, -0.05) is 11.6 Å². The highest BCUT2D eigenvalue weighted by atomic mass is 35.5. The lowest BCUT2D eigenvalue weighted by molar-refractivity contribution is 0.402. The molecule has 106 valence electrons. The fourth-order valence-electron chi connectivity index (χ4n) is 1.58. The van der Waals surface area contributed by atoms with Crippen molar-refractivity contribution in [1.82, 2.24) is 9.97 Å². The third kappa shape index (κ3) is 2.68. The first-order chi connectivity index (χ1) is 9.46. The molecule has 0 spiro atoms. The summed E-state index contributed by atoms with van der Waals surface area (Å²) in [6.07, 6.45) is 4.23. The van der Waals surface area contributed by atoms with Crippen LogP contribution in [-0.4, -0.2) is 32.5 Å². The summed E-state index contributed by atoms with van der Waals surface area (Å²) in [5, 5.41) is 0.303. The second-order valence-corrected chi connectivity index (χ2v) is 6.21. The molecular weight excluding hydrogens is 302 g/mol. The van der Waals surface area contributed by atoms with Gasteiger partial charge in [0.1, 0.15) is 10.6 Å². The zero-order chi connectivity index (χ0) is 14.8. The van der Waals surface area contributed by atoms with Crippen molar-refractivity contribution in [2.24, 2.45) is 0 Å². The Morgan fingerprint density at radius 1 is 1.30 bits per heavy atom. The van der Waals surface area contributed by atoms with E-state index in [-0.39, 0.29) is 16.5 Å². The molecule has 0 aliphatic rings. The van der Waals surface area contributed by atoms with Crippen LogP contribution in [0.15, 0.2) is 41.7 Å². The van der Waals surface area contributed by atoms with Gasteiger partial charge in [-0.3, -0.25) is 9.29 Å². The van der Waals surface area contributed by atoms with Gasteiger partial charge >= 0.3 is 0 Å². The van der Waals surface area contributed by atoms with E-state index in [1.54, 1.807) is 6.07 Å². The maximum Gasteiger partial charge on any atom is 0.269 e. The molecule has 1 heterocycles. The number of ether oxygens (including phenoxy) is 1. The summed E-state index contributed by atoms with van der Waals surface area (Å²) in [5.41, 5.74) is 0. The lowest BCUT2D eigenvalue weighted by Crippen LogP contribution is -2.27. The van der Waals surface area contributed by atoms with Gasteiger partial charge in [-0.2, -0.15) is 0 Å². The highest BCUT2D eigenvalue weighted by Crippen LogP contribution is 2.30. The van der Waals surface area contributed by atoms with Crippen molar-refractivity contribution in [3.05, 3.63) is 41.8 Å². The van der Waals surface area contributed by atoms with Crippen molar-refractivity contribution in [2.45, 2.75) is 4.90 Å². The number of anilines is 1. The third-order valence-corrected chi connectivity index (χ3v) is 4.65. The molecule has 0 fully saturated rings. The van der Waals surface area contributed by atoms with E-state index in [9.17, 15) is 8.42 Å². The summed E-state index contributed by atoms with van der Waals surface area (Å²) >= 11 is 5.86. The Morgan fingerprint density at radius 3 is 2.65 bits per heavy atom. The molecule has 1 aromatic heterocycles. The highest BCUT2D eigenvalue weighted by molar-refractivity contribution is 7.92. The van der Waals surface area contributed by atoms with Crippen LogP contribution in [-0.2, 0) is 10.0 Å². The van der Waals surface area contributed by atoms with Gasteiger partial charge in [0, 0.05) is 24.5 Å². The normalized spacial score (nSPS) is 11.2. The fraction of sp³-hybridized carbons (Fsp3) is 0.167. The monoisotopic (exact) mass is 313 g/mol. The Bertz CT molecular complexity index is 707. The van der Waals surface area contributed by atoms with E-state index in [1.807, 2.05) is 0 Å². The molecule has 2 rings (SSSR count). The minimum atomic E-state index is -3.84. The summed E-state index contributed by atoms with van der Waals surface area (Å²) in [4.78, 5) is 7.78. The average molecular weight is 314 g/mol. The Hall–Kier alpha value is -1.86. The van der Waals surface area contributed by atoms with E-state index < -0.39 is 10.0 Å². The van der Waals surface area contributed by atoms with Gasteiger partial charge in [0.05, 0.1) is 13.3 Å². The minimum absolute atomic E-state index is 0.0272. The van der Waals surface area contributed by atoms with Crippen LogP contribution in [0.5, 0.6) is 5.75 Å². The predicted molar refractivity (Wildman–Crippen MR) is 75.6 cm³/mol. The summed E-state index contributed by atoms with van der Waals surface area (Å²) in [5.74, 6) is 0.416. The van der Waals surface area contributed by atoms with E-state index in [1.165, 1.54) is 44.9 Å². The topological polar surface area (TPSA) is 72.4 Å². The van der Waals surface area contributed by atoms with Crippen molar-refractivity contribution >= 4 is 27.4 Å². The van der Waals surface area contributed by atoms with Crippen LogP contribution >= 0.6 is 11.6 Å². The number of hydrogen-bond acceptors (Lipinski definition) is 5. The van der Waals surface area contributed by atoms with E-state index in [0.717, 1.165) is 4.31 Å². The molecule has 0 amide bonds. The van der Waals surface area contributed by atoms with Crippen LogP contribution in [0.3, 0.4) is 0 Å². The van der Waals surface area contributed by atoms with Gasteiger partial charge in [0.2, 0.25) is 0 Å². The number of sulfonamides is 1. The molecule has 20 heavy (non-hydrogen) atoms. The van der Waals surface area contributed by atoms with E-state index >= 15 is 0 Å². The lowest BCUT2D eigenvalue weighted by Gasteiger charge is -2.19. The number of benzene rings is 1. The maximum atomic E-state index is 12.6. The average Bonchev–Trinajstić information content (AvgIpc) is 2.47. The summed E-state index contributed by atoms with van der Waals surface area (Å²) in [6, 6.07) is 4.39. The molecule has 2 aromatic rings. The molecule has 0 bridgehead atoms. The smallest absolute Gasteiger partial charge is 0.269 e. The number of halogens is 1. The number of methoxy groups -OCH3 is 1. The Labute approximate surface area is 122 Å². The molecule has 1 aromatic carbocycles. The molecule has 6 nitrogen and oxygen atoms in total. The molecule has 0 aliphatic heterocycles.